The van der Waals surface area contributed by atoms with Gasteiger partial charge in [-0.05, 0) is 49.6 Å². The molecule has 154 valence electrons. The van der Waals surface area contributed by atoms with Crippen molar-refractivity contribution in [2.24, 2.45) is 5.10 Å². The van der Waals surface area contributed by atoms with E-state index in [9.17, 15) is 9.18 Å². The lowest BCUT2D eigenvalue weighted by Crippen LogP contribution is -2.24. The van der Waals surface area contributed by atoms with E-state index in [0.29, 0.717) is 22.5 Å². The summed E-state index contributed by atoms with van der Waals surface area (Å²) in [5.41, 5.74) is 5.26. The molecule has 1 aromatic heterocycles. The number of amides is 1. The summed E-state index contributed by atoms with van der Waals surface area (Å²) in [7, 11) is 0. The maximum Gasteiger partial charge on any atom is 0.277 e. The summed E-state index contributed by atoms with van der Waals surface area (Å²) in [6.07, 6.45) is 5.30. The average Bonchev–Trinajstić information content (AvgIpc) is 3.29. The van der Waals surface area contributed by atoms with Crippen molar-refractivity contribution in [3.05, 3.63) is 65.6 Å². The van der Waals surface area contributed by atoms with Gasteiger partial charge in [-0.15, -0.1) is 0 Å². The van der Waals surface area contributed by atoms with Crippen LogP contribution in [0.15, 0.2) is 53.8 Å². The number of hydrogen-bond donors (Lipinski definition) is 1. The number of anilines is 1. The molecule has 6 nitrogen and oxygen atoms in total. The molecule has 3 aromatic rings. The number of aryl methyl sites for hydroxylation is 1. The van der Waals surface area contributed by atoms with Gasteiger partial charge < -0.3 is 9.64 Å². The molecule has 0 bridgehead atoms. The van der Waals surface area contributed by atoms with Gasteiger partial charge in [0.05, 0.1) is 11.9 Å². The second-order valence-corrected chi connectivity index (χ2v) is 7.27. The number of nitrogens with zero attached hydrogens (tertiary/aromatic N) is 3. The monoisotopic (exact) mass is 406 g/mol. The van der Waals surface area contributed by atoms with Gasteiger partial charge in [0.1, 0.15) is 17.1 Å². The molecule has 0 saturated carbocycles. The lowest BCUT2D eigenvalue weighted by atomic mass is 10.1. The molecular weight excluding hydrogens is 383 g/mol. The molecule has 1 fully saturated rings. The van der Waals surface area contributed by atoms with Crippen molar-refractivity contribution in [2.45, 2.75) is 19.8 Å². The third-order valence-electron chi connectivity index (χ3n) is 5.13. The van der Waals surface area contributed by atoms with Crippen LogP contribution in [0.5, 0.6) is 5.75 Å². The summed E-state index contributed by atoms with van der Waals surface area (Å²) >= 11 is 0. The molecule has 0 atom stereocenters. The van der Waals surface area contributed by atoms with Crippen LogP contribution in [0, 0.1) is 12.7 Å². The number of nitrogens with one attached hydrogen (secondary N) is 1. The third kappa shape index (κ3) is 4.40. The highest BCUT2D eigenvalue weighted by Gasteiger charge is 2.17. The van der Waals surface area contributed by atoms with Gasteiger partial charge in [0.2, 0.25) is 0 Å². The highest BCUT2D eigenvalue weighted by Crippen LogP contribution is 2.26. The van der Waals surface area contributed by atoms with E-state index in [2.05, 4.69) is 20.4 Å². The van der Waals surface area contributed by atoms with Gasteiger partial charge in [0.25, 0.3) is 5.91 Å². The van der Waals surface area contributed by atoms with Crippen LogP contribution in [0.3, 0.4) is 0 Å². The smallest absolute Gasteiger partial charge is 0.277 e. The molecule has 4 rings (SSSR count). The molecule has 2 aromatic carbocycles. The fraction of sp³-hybridized carbons (Fsp3) is 0.261. The minimum atomic E-state index is -0.411. The first-order valence-corrected chi connectivity index (χ1v) is 9.95. The Morgan fingerprint density at radius 3 is 2.90 bits per heavy atom. The molecular formula is C23H23FN4O2. The summed E-state index contributed by atoms with van der Waals surface area (Å²) in [5.74, 6) is -0.157. The zero-order valence-electron chi connectivity index (χ0n) is 16.8. The van der Waals surface area contributed by atoms with Crippen molar-refractivity contribution >= 4 is 28.7 Å². The van der Waals surface area contributed by atoms with Gasteiger partial charge in [0.15, 0.2) is 6.61 Å². The van der Waals surface area contributed by atoms with Gasteiger partial charge in [-0.25, -0.2) is 9.82 Å². The third-order valence-corrected chi connectivity index (χ3v) is 5.13. The van der Waals surface area contributed by atoms with Crippen molar-refractivity contribution < 1.29 is 13.9 Å². The van der Waals surface area contributed by atoms with Crippen LogP contribution in [-0.2, 0) is 4.79 Å². The molecule has 30 heavy (non-hydrogen) atoms. The predicted molar refractivity (Wildman–Crippen MR) is 116 cm³/mol. The van der Waals surface area contributed by atoms with E-state index in [-0.39, 0.29) is 12.4 Å². The number of fused-ring (bicyclic) bond motifs is 1. The zero-order chi connectivity index (χ0) is 20.9. The zero-order valence-corrected chi connectivity index (χ0v) is 16.8. The van der Waals surface area contributed by atoms with E-state index in [1.807, 2.05) is 37.3 Å². The van der Waals surface area contributed by atoms with Crippen LogP contribution in [0.25, 0.3) is 10.9 Å². The van der Waals surface area contributed by atoms with Crippen LogP contribution < -0.4 is 15.1 Å². The number of hydrogen-bond acceptors (Lipinski definition) is 5. The van der Waals surface area contributed by atoms with Crippen molar-refractivity contribution in [3.63, 3.8) is 0 Å². The lowest BCUT2D eigenvalue weighted by Gasteiger charge is -2.19. The summed E-state index contributed by atoms with van der Waals surface area (Å²) in [6.45, 7) is 3.46. The highest BCUT2D eigenvalue weighted by atomic mass is 19.1. The van der Waals surface area contributed by atoms with Gasteiger partial charge in [-0.2, -0.15) is 5.10 Å². The van der Waals surface area contributed by atoms with E-state index < -0.39 is 5.91 Å². The molecule has 1 N–H and O–H groups in total. The van der Waals surface area contributed by atoms with Crippen LogP contribution in [0.1, 0.15) is 24.0 Å². The fourth-order valence-electron chi connectivity index (χ4n) is 3.56. The number of hydrazone groups is 1. The Morgan fingerprint density at radius 1 is 1.27 bits per heavy atom. The highest BCUT2D eigenvalue weighted by molar-refractivity contribution is 5.86. The summed E-state index contributed by atoms with van der Waals surface area (Å²) in [5, 5.41) is 4.88. The van der Waals surface area contributed by atoms with E-state index in [1.54, 1.807) is 12.3 Å². The topological polar surface area (TPSA) is 66.8 Å². The van der Waals surface area contributed by atoms with E-state index in [0.717, 1.165) is 36.9 Å². The first kappa shape index (κ1) is 19.8. The quantitative estimate of drug-likeness (QED) is 0.499. The number of pyridine rings is 1. The second kappa shape index (κ2) is 8.90. The number of aromatic nitrogens is 1. The number of carbonyl (C=O) groups is 1. The standard InChI is InChI=1S/C23H23FN4O2/c1-16-12-20(28-10-2-3-11-28)19(24)13-18(16)14-26-27-22(29)15-30-21-8-4-6-17-7-5-9-25-23(17)21/h4-9,12-14H,2-3,10-11,15H2,1H3,(H,27,29). The van der Waals surface area contributed by atoms with Crippen LogP contribution in [0.4, 0.5) is 10.1 Å². The van der Waals surface area contributed by atoms with Gasteiger partial charge in [-0.3, -0.25) is 9.78 Å². The second-order valence-electron chi connectivity index (χ2n) is 7.27. The summed E-state index contributed by atoms with van der Waals surface area (Å²) < 4.78 is 20.1. The Labute approximate surface area is 174 Å². The number of halogens is 1. The average molecular weight is 406 g/mol. The molecule has 1 amide bonds. The molecule has 1 aliphatic heterocycles. The summed E-state index contributed by atoms with van der Waals surface area (Å²) in [4.78, 5) is 18.4. The van der Waals surface area contributed by atoms with Crippen molar-refractivity contribution in [2.75, 3.05) is 24.6 Å². The summed E-state index contributed by atoms with van der Waals surface area (Å²) in [6, 6.07) is 12.6. The number of benzene rings is 2. The number of para-hydroxylation sites is 1. The minimum absolute atomic E-state index is 0.200. The molecule has 2 heterocycles. The number of carbonyl (C=O) groups excluding carboxylic acids is 1. The predicted octanol–water partition coefficient (Wildman–Crippen LogP) is 3.81. The van der Waals surface area contributed by atoms with E-state index >= 15 is 0 Å². The molecule has 0 unspecified atom stereocenters. The molecule has 0 spiro atoms. The molecule has 0 aliphatic carbocycles. The molecule has 0 radical (unpaired) electrons. The van der Waals surface area contributed by atoms with Gasteiger partial charge >= 0.3 is 0 Å². The number of ether oxygens (including phenoxy) is 1. The Kier molecular flexibility index (Phi) is 5.88. The maximum absolute atomic E-state index is 14.5. The van der Waals surface area contributed by atoms with Crippen LogP contribution in [0.2, 0.25) is 0 Å². The number of rotatable bonds is 6. The fourth-order valence-corrected chi connectivity index (χ4v) is 3.56. The van der Waals surface area contributed by atoms with Crippen molar-refractivity contribution in [1.29, 1.82) is 0 Å². The first-order valence-electron chi connectivity index (χ1n) is 9.95. The Morgan fingerprint density at radius 2 is 2.07 bits per heavy atom. The largest absolute Gasteiger partial charge is 0.481 e. The lowest BCUT2D eigenvalue weighted by molar-refractivity contribution is -0.123. The van der Waals surface area contributed by atoms with Crippen LogP contribution >= 0.6 is 0 Å². The Hall–Kier alpha value is -3.48. The first-order chi connectivity index (χ1) is 14.6. The Balaban J connectivity index is 1.36. The Bertz CT molecular complexity index is 1090. The van der Waals surface area contributed by atoms with Crippen molar-refractivity contribution in [1.82, 2.24) is 10.4 Å². The van der Waals surface area contributed by atoms with Crippen LogP contribution in [-0.4, -0.2) is 36.8 Å². The van der Waals surface area contributed by atoms with Gasteiger partial charge in [-0.1, -0.05) is 18.2 Å². The molecule has 1 aliphatic rings. The molecule has 7 heteroatoms. The van der Waals surface area contributed by atoms with Crippen molar-refractivity contribution in [3.8, 4) is 5.75 Å². The maximum atomic E-state index is 14.5. The normalized spacial score (nSPS) is 13.9. The molecule has 1 saturated heterocycles. The van der Waals surface area contributed by atoms with E-state index in [1.165, 1.54) is 12.3 Å². The van der Waals surface area contributed by atoms with E-state index in [4.69, 9.17) is 4.74 Å². The SMILES string of the molecule is Cc1cc(N2CCCC2)c(F)cc1C=NNC(=O)COc1cccc2cccnc12. The van der Waals surface area contributed by atoms with Gasteiger partial charge in [0, 0.05) is 30.2 Å². The minimum Gasteiger partial charge on any atom is -0.481 e.